The summed E-state index contributed by atoms with van der Waals surface area (Å²) in [6.45, 7) is 1.60. The molecule has 1 heterocycles. The van der Waals surface area contributed by atoms with Crippen LogP contribution in [-0.4, -0.2) is 25.7 Å². The summed E-state index contributed by atoms with van der Waals surface area (Å²) in [5.74, 6) is 1.46. The number of ether oxygens (including phenoxy) is 2. The van der Waals surface area contributed by atoms with Gasteiger partial charge < -0.3 is 14.4 Å². The molecule has 0 bridgehead atoms. The maximum absolute atomic E-state index is 10.7. The van der Waals surface area contributed by atoms with Gasteiger partial charge in [-0.25, -0.2) is 0 Å². The molecule has 0 radical (unpaired) electrons. The highest BCUT2D eigenvalue weighted by Crippen LogP contribution is 2.34. The normalized spacial score (nSPS) is 13.4. The maximum atomic E-state index is 10.7. The Morgan fingerprint density at radius 2 is 1.65 bits per heavy atom. The number of anilines is 1. The number of methoxy groups -OCH3 is 2. The van der Waals surface area contributed by atoms with Gasteiger partial charge in [0.25, 0.3) is 5.69 Å². The van der Waals surface area contributed by atoms with E-state index in [1.165, 1.54) is 11.1 Å². The molecule has 1 aliphatic heterocycles. The predicted molar refractivity (Wildman–Crippen MR) is 87.4 cm³/mol. The monoisotopic (exact) mass is 314 g/mol. The zero-order valence-electron chi connectivity index (χ0n) is 13.1. The summed E-state index contributed by atoms with van der Waals surface area (Å²) in [6, 6.07) is 10.7. The molecule has 0 N–H and O–H groups in total. The molecule has 0 atom stereocenters. The van der Waals surface area contributed by atoms with Crippen LogP contribution in [0.4, 0.5) is 11.4 Å². The summed E-state index contributed by atoms with van der Waals surface area (Å²) in [5, 5.41) is 10.7. The van der Waals surface area contributed by atoms with Crippen LogP contribution in [0.15, 0.2) is 36.4 Å². The maximum Gasteiger partial charge on any atom is 0.269 e. The summed E-state index contributed by atoms with van der Waals surface area (Å²) in [7, 11) is 3.26. The summed E-state index contributed by atoms with van der Waals surface area (Å²) < 4.78 is 10.7. The van der Waals surface area contributed by atoms with Gasteiger partial charge in [-0.2, -0.15) is 0 Å². The highest BCUT2D eigenvalue weighted by Gasteiger charge is 2.20. The molecule has 3 rings (SSSR count). The molecule has 6 heteroatoms. The quantitative estimate of drug-likeness (QED) is 0.640. The molecule has 0 fully saturated rings. The van der Waals surface area contributed by atoms with E-state index < -0.39 is 0 Å². The minimum absolute atomic E-state index is 0.109. The first-order valence-electron chi connectivity index (χ1n) is 7.35. The summed E-state index contributed by atoms with van der Waals surface area (Å²) in [4.78, 5) is 12.6. The van der Waals surface area contributed by atoms with E-state index in [9.17, 15) is 10.1 Å². The van der Waals surface area contributed by atoms with E-state index in [1.807, 2.05) is 12.1 Å². The first-order chi connectivity index (χ1) is 11.1. The van der Waals surface area contributed by atoms with Crippen molar-refractivity contribution in [2.45, 2.75) is 13.0 Å². The van der Waals surface area contributed by atoms with E-state index in [1.54, 1.807) is 38.5 Å². The summed E-state index contributed by atoms with van der Waals surface area (Å²) in [6.07, 6.45) is 0.896. The molecule has 6 nitrogen and oxygen atoms in total. The molecule has 2 aromatic rings. The van der Waals surface area contributed by atoms with Gasteiger partial charge in [-0.05, 0) is 41.8 Å². The standard InChI is InChI=1S/C17H18N2O4/c1-22-16-9-12-7-8-18(11-13(12)10-17(16)23-2)14-3-5-15(6-4-14)19(20)21/h3-6,9-10H,7-8,11H2,1-2H3. The second-order valence-corrected chi connectivity index (χ2v) is 5.42. The lowest BCUT2D eigenvalue weighted by atomic mass is 9.98. The lowest BCUT2D eigenvalue weighted by Crippen LogP contribution is -2.30. The Morgan fingerprint density at radius 3 is 2.22 bits per heavy atom. The topological polar surface area (TPSA) is 64.8 Å². The van der Waals surface area contributed by atoms with Crippen molar-refractivity contribution in [1.29, 1.82) is 0 Å². The third-order valence-corrected chi connectivity index (χ3v) is 4.14. The average molecular weight is 314 g/mol. The van der Waals surface area contributed by atoms with E-state index in [-0.39, 0.29) is 10.6 Å². The minimum Gasteiger partial charge on any atom is -0.493 e. The number of benzene rings is 2. The molecule has 0 aliphatic carbocycles. The third-order valence-electron chi connectivity index (χ3n) is 4.14. The zero-order valence-corrected chi connectivity index (χ0v) is 13.1. The second kappa shape index (κ2) is 6.16. The van der Waals surface area contributed by atoms with Crippen molar-refractivity contribution in [2.24, 2.45) is 0 Å². The smallest absolute Gasteiger partial charge is 0.269 e. The van der Waals surface area contributed by atoms with E-state index in [4.69, 9.17) is 9.47 Å². The van der Waals surface area contributed by atoms with Crippen molar-refractivity contribution in [3.05, 3.63) is 57.6 Å². The number of rotatable bonds is 4. The van der Waals surface area contributed by atoms with Crippen LogP contribution in [0.5, 0.6) is 11.5 Å². The van der Waals surface area contributed by atoms with E-state index in [0.29, 0.717) is 0 Å². The molecule has 0 amide bonds. The van der Waals surface area contributed by atoms with Gasteiger partial charge in [-0.3, -0.25) is 10.1 Å². The van der Waals surface area contributed by atoms with Crippen molar-refractivity contribution < 1.29 is 14.4 Å². The highest BCUT2D eigenvalue weighted by molar-refractivity contribution is 5.55. The van der Waals surface area contributed by atoms with Gasteiger partial charge in [-0.15, -0.1) is 0 Å². The average Bonchev–Trinajstić information content (AvgIpc) is 2.60. The molecule has 0 saturated heterocycles. The molecule has 1 aliphatic rings. The summed E-state index contributed by atoms with van der Waals surface area (Å²) in [5.41, 5.74) is 3.53. The molecule has 0 saturated carbocycles. The van der Waals surface area contributed by atoms with Crippen molar-refractivity contribution in [3.8, 4) is 11.5 Å². The molecule has 23 heavy (non-hydrogen) atoms. The van der Waals surface area contributed by atoms with E-state index in [2.05, 4.69) is 4.90 Å². The first-order valence-corrected chi connectivity index (χ1v) is 7.35. The molecule has 120 valence electrons. The van der Waals surface area contributed by atoms with E-state index in [0.717, 1.165) is 36.7 Å². The fourth-order valence-electron chi connectivity index (χ4n) is 2.89. The Labute approximate surface area is 134 Å². The Kier molecular flexibility index (Phi) is 4.06. The van der Waals surface area contributed by atoms with Crippen LogP contribution in [0.3, 0.4) is 0 Å². The SMILES string of the molecule is COc1cc2c(cc1OC)CN(c1ccc([N+](=O)[O-])cc1)CC2. The Balaban J connectivity index is 1.86. The zero-order chi connectivity index (χ0) is 16.4. The number of nitro benzene ring substituents is 1. The van der Waals surface area contributed by atoms with Gasteiger partial charge in [0.1, 0.15) is 0 Å². The van der Waals surface area contributed by atoms with Gasteiger partial charge in [0.05, 0.1) is 19.1 Å². The van der Waals surface area contributed by atoms with Crippen molar-refractivity contribution in [1.82, 2.24) is 0 Å². The number of non-ortho nitro benzene ring substituents is 1. The van der Waals surface area contributed by atoms with Crippen LogP contribution < -0.4 is 14.4 Å². The third kappa shape index (κ3) is 2.92. The number of nitro groups is 1. The van der Waals surface area contributed by atoms with Gasteiger partial charge in [-0.1, -0.05) is 0 Å². The highest BCUT2D eigenvalue weighted by atomic mass is 16.6. The molecular formula is C17H18N2O4. The van der Waals surface area contributed by atoms with Crippen LogP contribution in [-0.2, 0) is 13.0 Å². The molecule has 0 spiro atoms. The Hall–Kier alpha value is -2.76. The minimum atomic E-state index is -0.383. The Bertz CT molecular complexity index is 728. The Morgan fingerprint density at radius 1 is 1.04 bits per heavy atom. The van der Waals surface area contributed by atoms with Crippen LogP contribution >= 0.6 is 0 Å². The number of nitrogens with zero attached hydrogens (tertiary/aromatic N) is 2. The molecule has 0 unspecified atom stereocenters. The number of fused-ring (bicyclic) bond motifs is 1. The lowest BCUT2D eigenvalue weighted by molar-refractivity contribution is -0.384. The molecular weight excluding hydrogens is 296 g/mol. The van der Waals surface area contributed by atoms with Gasteiger partial charge in [0.2, 0.25) is 0 Å². The second-order valence-electron chi connectivity index (χ2n) is 5.42. The largest absolute Gasteiger partial charge is 0.493 e. The van der Waals surface area contributed by atoms with Gasteiger partial charge in [0.15, 0.2) is 11.5 Å². The van der Waals surface area contributed by atoms with Crippen LogP contribution in [0.1, 0.15) is 11.1 Å². The van der Waals surface area contributed by atoms with Crippen molar-refractivity contribution >= 4 is 11.4 Å². The van der Waals surface area contributed by atoms with Gasteiger partial charge in [0, 0.05) is 30.9 Å². The summed E-state index contributed by atoms with van der Waals surface area (Å²) >= 11 is 0. The fraction of sp³-hybridized carbons (Fsp3) is 0.294. The number of hydrogen-bond acceptors (Lipinski definition) is 5. The fourth-order valence-corrected chi connectivity index (χ4v) is 2.89. The van der Waals surface area contributed by atoms with Crippen molar-refractivity contribution in [3.63, 3.8) is 0 Å². The predicted octanol–water partition coefficient (Wildman–Crippen LogP) is 3.17. The van der Waals surface area contributed by atoms with Gasteiger partial charge >= 0.3 is 0 Å². The van der Waals surface area contributed by atoms with Crippen LogP contribution in [0.2, 0.25) is 0 Å². The van der Waals surface area contributed by atoms with Crippen LogP contribution in [0, 0.1) is 10.1 Å². The van der Waals surface area contributed by atoms with Crippen LogP contribution in [0.25, 0.3) is 0 Å². The molecule has 0 aromatic heterocycles. The lowest BCUT2D eigenvalue weighted by Gasteiger charge is -2.31. The molecule has 2 aromatic carbocycles. The van der Waals surface area contributed by atoms with Crippen molar-refractivity contribution in [2.75, 3.05) is 25.7 Å². The van der Waals surface area contributed by atoms with E-state index >= 15 is 0 Å². The number of hydrogen-bond donors (Lipinski definition) is 0. The first kappa shape index (κ1) is 15.1.